The lowest BCUT2D eigenvalue weighted by molar-refractivity contribution is -0.354. The van der Waals surface area contributed by atoms with Crippen LogP contribution >= 0.6 is 27.5 Å². The molecule has 0 saturated heterocycles. The van der Waals surface area contributed by atoms with Crippen LogP contribution in [0, 0.1) is 5.21 Å². The van der Waals surface area contributed by atoms with Crippen LogP contribution in [0.4, 0.5) is 5.69 Å². The smallest absolute Gasteiger partial charge is 0.216 e. The number of nitrogens with zero attached hydrogens (tertiary/aromatic N) is 1. The summed E-state index contributed by atoms with van der Waals surface area (Å²) in [6.45, 7) is 0. The van der Waals surface area contributed by atoms with Gasteiger partial charge in [0.2, 0.25) is 5.69 Å². The van der Waals surface area contributed by atoms with Crippen LogP contribution in [0.5, 0.6) is 0 Å². The van der Waals surface area contributed by atoms with Crippen LogP contribution in [-0.2, 0) is 0 Å². The summed E-state index contributed by atoms with van der Waals surface area (Å²) in [6, 6.07) is 14.4. The van der Waals surface area contributed by atoms with Gasteiger partial charge in [-0.1, -0.05) is 45.7 Å². The predicted molar refractivity (Wildman–Crippen MR) is 74.0 cm³/mol. The van der Waals surface area contributed by atoms with Crippen LogP contribution in [0.3, 0.4) is 0 Å². The molecule has 0 bridgehead atoms. The Morgan fingerprint density at radius 2 is 1.82 bits per heavy atom. The minimum Gasteiger partial charge on any atom is -0.618 e. The third-order valence-corrected chi connectivity index (χ3v) is 3.05. The summed E-state index contributed by atoms with van der Waals surface area (Å²) in [6.07, 6.45) is 1.46. The molecule has 2 nitrogen and oxygen atoms in total. The summed E-state index contributed by atoms with van der Waals surface area (Å²) in [5.74, 6) is 0. The SMILES string of the molecule is [O-][N+](=Cc1ccc(Br)cc1Cl)c1ccccc1. The van der Waals surface area contributed by atoms with E-state index in [1.54, 1.807) is 24.3 Å². The van der Waals surface area contributed by atoms with Gasteiger partial charge in [-0.2, -0.15) is 4.74 Å². The molecule has 0 fully saturated rings. The quantitative estimate of drug-likeness (QED) is 0.350. The fraction of sp³-hybridized carbons (Fsp3) is 0. The van der Waals surface area contributed by atoms with Gasteiger partial charge in [-0.25, -0.2) is 0 Å². The highest BCUT2D eigenvalue weighted by Gasteiger charge is 2.04. The van der Waals surface area contributed by atoms with E-state index in [1.165, 1.54) is 6.21 Å². The molecular weight excluding hydrogens is 302 g/mol. The van der Waals surface area contributed by atoms with Gasteiger partial charge in [0.25, 0.3) is 0 Å². The second-order valence-electron chi connectivity index (χ2n) is 3.46. The van der Waals surface area contributed by atoms with Gasteiger partial charge in [0.1, 0.15) is 0 Å². The lowest BCUT2D eigenvalue weighted by atomic mass is 10.2. The maximum Gasteiger partial charge on any atom is 0.216 e. The molecule has 0 saturated carbocycles. The second-order valence-corrected chi connectivity index (χ2v) is 4.78. The maximum absolute atomic E-state index is 11.8. The van der Waals surface area contributed by atoms with Crippen molar-refractivity contribution in [3.05, 3.63) is 68.8 Å². The average Bonchev–Trinajstić information content (AvgIpc) is 2.34. The zero-order valence-corrected chi connectivity index (χ0v) is 11.1. The van der Waals surface area contributed by atoms with Gasteiger partial charge >= 0.3 is 0 Å². The summed E-state index contributed by atoms with van der Waals surface area (Å²) in [5.41, 5.74) is 1.26. The van der Waals surface area contributed by atoms with Crippen LogP contribution < -0.4 is 0 Å². The van der Waals surface area contributed by atoms with E-state index in [0.29, 0.717) is 16.3 Å². The molecule has 2 aromatic rings. The number of hydrogen-bond acceptors (Lipinski definition) is 1. The summed E-state index contributed by atoms with van der Waals surface area (Å²) < 4.78 is 1.69. The molecule has 17 heavy (non-hydrogen) atoms. The van der Waals surface area contributed by atoms with Crippen molar-refractivity contribution in [2.75, 3.05) is 0 Å². The highest BCUT2D eigenvalue weighted by atomic mass is 79.9. The van der Waals surface area contributed by atoms with Gasteiger partial charge < -0.3 is 5.21 Å². The van der Waals surface area contributed by atoms with Crippen molar-refractivity contribution >= 4 is 39.4 Å². The van der Waals surface area contributed by atoms with Crippen molar-refractivity contribution < 1.29 is 4.74 Å². The molecule has 0 spiro atoms. The Balaban J connectivity index is 2.36. The summed E-state index contributed by atoms with van der Waals surface area (Å²) in [4.78, 5) is 0. The molecule has 0 amide bonds. The van der Waals surface area contributed by atoms with Gasteiger partial charge in [0.05, 0.1) is 10.6 Å². The Morgan fingerprint density at radius 3 is 2.47 bits per heavy atom. The fourth-order valence-electron chi connectivity index (χ4n) is 1.38. The lowest BCUT2D eigenvalue weighted by Gasteiger charge is -2.03. The first-order chi connectivity index (χ1) is 8.16. The third-order valence-electron chi connectivity index (χ3n) is 2.23. The molecule has 0 unspecified atom stereocenters. The molecule has 4 heteroatoms. The van der Waals surface area contributed by atoms with Crippen LogP contribution in [0.1, 0.15) is 5.56 Å². The Bertz CT molecular complexity index is 555. The van der Waals surface area contributed by atoms with E-state index in [2.05, 4.69) is 15.9 Å². The Labute approximate surface area is 113 Å². The number of para-hydroxylation sites is 1. The Hall–Kier alpha value is -1.32. The molecule has 0 heterocycles. The molecule has 2 aromatic carbocycles. The minimum atomic E-state index is 0.538. The predicted octanol–water partition coefficient (Wildman–Crippen LogP) is 4.36. The molecular formula is C13H9BrClNO. The number of hydrogen-bond donors (Lipinski definition) is 0. The van der Waals surface area contributed by atoms with Crippen molar-refractivity contribution in [3.8, 4) is 0 Å². The van der Waals surface area contributed by atoms with E-state index in [9.17, 15) is 5.21 Å². The van der Waals surface area contributed by atoms with E-state index in [0.717, 1.165) is 9.21 Å². The topological polar surface area (TPSA) is 26.1 Å². The molecule has 0 aliphatic carbocycles. The molecule has 0 atom stereocenters. The summed E-state index contributed by atoms with van der Waals surface area (Å²) in [5, 5.41) is 12.4. The van der Waals surface area contributed by atoms with Gasteiger partial charge in [0.15, 0.2) is 6.21 Å². The first kappa shape index (κ1) is 12.1. The van der Waals surface area contributed by atoms with Crippen LogP contribution in [0.25, 0.3) is 0 Å². The highest BCUT2D eigenvalue weighted by Crippen LogP contribution is 2.20. The summed E-state index contributed by atoms with van der Waals surface area (Å²) >= 11 is 9.35. The van der Waals surface area contributed by atoms with Gasteiger partial charge in [0, 0.05) is 16.6 Å². The van der Waals surface area contributed by atoms with Crippen molar-refractivity contribution in [3.63, 3.8) is 0 Å². The number of rotatable bonds is 2. The van der Waals surface area contributed by atoms with E-state index in [1.807, 2.05) is 24.3 Å². The van der Waals surface area contributed by atoms with E-state index in [-0.39, 0.29) is 0 Å². The number of benzene rings is 2. The number of halogens is 2. The monoisotopic (exact) mass is 309 g/mol. The van der Waals surface area contributed by atoms with E-state index < -0.39 is 0 Å². The molecule has 2 rings (SSSR count). The maximum atomic E-state index is 11.8. The van der Waals surface area contributed by atoms with E-state index in [4.69, 9.17) is 11.6 Å². The zero-order valence-electron chi connectivity index (χ0n) is 8.81. The first-order valence-corrected chi connectivity index (χ1v) is 6.15. The largest absolute Gasteiger partial charge is 0.618 e. The summed E-state index contributed by atoms with van der Waals surface area (Å²) in [7, 11) is 0. The van der Waals surface area contributed by atoms with Gasteiger partial charge in [-0.3, -0.25) is 0 Å². The van der Waals surface area contributed by atoms with Crippen LogP contribution in [0.2, 0.25) is 5.02 Å². The fourth-order valence-corrected chi connectivity index (χ4v) is 2.10. The van der Waals surface area contributed by atoms with Crippen molar-refractivity contribution in [2.45, 2.75) is 0 Å². The molecule has 0 aromatic heterocycles. The molecule has 0 aliphatic rings. The molecule has 0 radical (unpaired) electrons. The second kappa shape index (κ2) is 5.34. The van der Waals surface area contributed by atoms with Gasteiger partial charge in [-0.05, 0) is 18.2 Å². The standard InChI is InChI=1S/C13H9BrClNO/c14-11-7-6-10(13(15)8-11)9-16(17)12-4-2-1-3-5-12/h1-9H. The van der Waals surface area contributed by atoms with E-state index >= 15 is 0 Å². The normalized spacial score (nSPS) is 11.5. The lowest BCUT2D eigenvalue weighted by Crippen LogP contribution is -1.99. The minimum absolute atomic E-state index is 0.538. The Morgan fingerprint density at radius 1 is 1.12 bits per heavy atom. The van der Waals surface area contributed by atoms with Crippen LogP contribution in [0.15, 0.2) is 53.0 Å². The van der Waals surface area contributed by atoms with Crippen molar-refractivity contribution in [2.24, 2.45) is 0 Å². The Kier molecular flexibility index (Phi) is 3.82. The zero-order chi connectivity index (χ0) is 12.3. The van der Waals surface area contributed by atoms with Gasteiger partial charge in [-0.15, -0.1) is 0 Å². The third kappa shape index (κ3) is 3.08. The highest BCUT2D eigenvalue weighted by molar-refractivity contribution is 9.10. The van der Waals surface area contributed by atoms with Crippen LogP contribution in [-0.4, -0.2) is 11.0 Å². The van der Waals surface area contributed by atoms with Crippen molar-refractivity contribution in [1.82, 2.24) is 0 Å². The van der Waals surface area contributed by atoms with Crippen molar-refractivity contribution in [1.29, 1.82) is 0 Å². The molecule has 0 N–H and O–H groups in total. The first-order valence-electron chi connectivity index (χ1n) is 4.98. The average molecular weight is 311 g/mol. The molecule has 0 aliphatic heterocycles. The molecule has 86 valence electrons.